The molecule has 23 heavy (non-hydrogen) atoms. The van der Waals surface area contributed by atoms with Gasteiger partial charge < -0.3 is 15.0 Å². The molecular formula is C17H21F2N3O. The number of nitrogens with zero attached hydrogens (tertiary/aromatic N) is 2. The van der Waals surface area contributed by atoms with Gasteiger partial charge in [0.2, 0.25) is 0 Å². The number of rotatable bonds is 4. The van der Waals surface area contributed by atoms with Crippen molar-refractivity contribution in [3.8, 4) is 5.75 Å². The number of aryl methyl sites for hydroxylation is 1. The van der Waals surface area contributed by atoms with Gasteiger partial charge in [0.05, 0.1) is 5.52 Å². The SMILES string of the molecule is Cc1cc(NC2CCN(C)CC2)c2cc(OC(F)F)ccc2n1. The minimum absolute atomic E-state index is 0.157. The summed E-state index contributed by atoms with van der Waals surface area (Å²) in [7, 11) is 2.12. The number of hydrogen-bond donors (Lipinski definition) is 1. The maximum absolute atomic E-state index is 12.4. The van der Waals surface area contributed by atoms with Crippen LogP contribution in [0.3, 0.4) is 0 Å². The molecular weight excluding hydrogens is 300 g/mol. The number of ether oxygens (including phenoxy) is 1. The number of halogens is 2. The zero-order valence-corrected chi connectivity index (χ0v) is 13.4. The van der Waals surface area contributed by atoms with E-state index >= 15 is 0 Å². The Labute approximate surface area is 134 Å². The molecule has 2 aromatic rings. The van der Waals surface area contributed by atoms with E-state index in [1.165, 1.54) is 6.07 Å². The first-order valence-corrected chi connectivity index (χ1v) is 7.82. The van der Waals surface area contributed by atoms with E-state index in [1.807, 2.05) is 13.0 Å². The number of hydrogen-bond acceptors (Lipinski definition) is 4. The van der Waals surface area contributed by atoms with Crippen LogP contribution in [0.1, 0.15) is 18.5 Å². The van der Waals surface area contributed by atoms with Crippen molar-refractivity contribution in [2.75, 3.05) is 25.5 Å². The molecule has 124 valence electrons. The number of benzene rings is 1. The third kappa shape index (κ3) is 3.88. The van der Waals surface area contributed by atoms with Crippen LogP contribution < -0.4 is 10.1 Å². The largest absolute Gasteiger partial charge is 0.435 e. The van der Waals surface area contributed by atoms with Crippen LogP contribution in [0.5, 0.6) is 5.75 Å². The van der Waals surface area contributed by atoms with Gasteiger partial charge in [0.1, 0.15) is 5.75 Å². The van der Waals surface area contributed by atoms with E-state index in [2.05, 4.69) is 27.0 Å². The number of piperidine rings is 1. The van der Waals surface area contributed by atoms with Crippen LogP contribution in [0, 0.1) is 6.92 Å². The summed E-state index contributed by atoms with van der Waals surface area (Å²) in [4.78, 5) is 6.78. The fourth-order valence-electron chi connectivity index (χ4n) is 3.01. The fourth-order valence-corrected chi connectivity index (χ4v) is 3.01. The first-order valence-electron chi connectivity index (χ1n) is 7.82. The minimum Gasteiger partial charge on any atom is -0.435 e. The summed E-state index contributed by atoms with van der Waals surface area (Å²) >= 11 is 0. The highest BCUT2D eigenvalue weighted by Crippen LogP contribution is 2.29. The van der Waals surface area contributed by atoms with Crippen molar-refractivity contribution in [1.82, 2.24) is 9.88 Å². The molecule has 1 aromatic carbocycles. The van der Waals surface area contributed by atoms with Crippen molar-refractivity contribution in [3.05, 3.63) is 30.0 Å². The molecule has 3 rings (SSSR count). The Morgan fingerprint density at radius 3 is 2.70 bits per heavy atom. The zero-order valence-electron chi connectivity index (χ0n) is 13.4. The predicted octanol–water partition coefficient (Wildman–Crippen LogP) is 3.65. The Bertz CT molecular complexity index is 685. The monoisotopic (exact) mass is 321 g/mol. The average molecular weight is 321 g/mol. The number of nitrogens with one attached hydrogen (secondary N) is 1. The topological polar surface area (TPSA) is 37.4 Å². The first-order chi connectivity index (χ1) is 11.0. The Hall–Kier alpha value is -1.95. The Morgan fingerprint density at radius 1 is 1.26 bits per heavy atom. The Kier molecular flexibility index (Phi) is 4.61. The lowest BCUT2D eigenvalue weighted by atomic mass is 10.0. The van der Waals surface area contributed by atoms with Gasteiger partial charge in [-0.1, -0.05) is 0 Å². The lowest BCUT2D eigenvalue weighted by Gasteiger charge is -2.30. The first kappa shape index (κ1) is 15.9. The zero-order chi connectivity index (χ0) is 16.4. The molecule has 0 spiro atoms. The summed E-state index contributed by atoms with van der Waals surface area (Å²) in [5, 5.41) is 4.37. The van der Waals surface area contributed by atoms with E-state index in [0.29, 0.717) is 6.04 Å². The molecule has 1 fully saturated rings. The lowest BCUT2D eigenvalue weighted by molar-refractivity contribution is -0.0497. The summed E-state index contributed by atoms with van der Waals surface area (Å²) < 4.78 is 29.4. The highest BCUT2D eigenvalue weighted by atomic mass is 19.3. The molecule has 0 saturated carbocycles. The number of anilines is 1. The quantitative estimate of drug-likeness (QED) is 0.933. The van der Waals surface area contributed by atoms with Gasteiger partial charge in [-0.05, 0) is 64.2 Å². The minimum atomic E-state index is -2.82. The van der Waals surface area contributed by atoms with Gasteiger partial charge in [-0.25, -0.2) is 0 Å². The number of pyridine rings is 1. The molecule has 1 aliphatic rings. The van der Waals surface area contributed by atoms with E-state index in [4.69, 9.17) is 0 Å². The van der Waals surface area contributed by atoms with Crippen LogP contribution >= 0.6 is 0 Å². The number of alkyl halides is 2. The maximum Gasteiger partial charge on any atom is 0.387 e. The molecule has 1 N–H and O–H groups in total. The van der Waals surface area contributed by atoms with E-state index < -0.39 is 6.61 Å². The van der Waals surface area contributed by atoms with Gasteiger partial charge >= 0.3 is 6.61 Å². The van der Waals surface area contributed by atoms with E-state index in [-0.39, 0.29) is 5.75 Å². The van der Waals surface area contributed by atoms with Crippen LogP contribution in [-0.2, 0) is 0 Å². The van der Waals surface area contributed by atoms with Crippen molar-refractivity contribution < 1.29 is 13.5 Å². The molecule has 0 amide bonds. The molecule has 1 aliphatic heterocycles. The molecule has 0 aliphatic carbocycles. The maximum atomic E-state index is 12.4. The number of aromatic nitrogens is 1. The van der Waals surface area contributed by atoms with Crippen molar-refractivity contribution >= 4 is 16.6 Å². The molecule has 4 nitrogen and oxygen atoms in total. The van der Waals surface area contributed by atoms with Gasteiger partial charge in [-0.15, -0.1) is 0 Å². The predicted molar refractivity (Wildman–Crippen MR) is 87.3 cm³/mol. The molecule has 6 heteroatoms. The summed E-state index contributed by atoms with van der Waals surface area (Å²) in [5.41, 5.74) is 2.61. The molecule has 0 bridgehead atoms. The molecule has 2 heterocycles. The molecule has 0 atom stereocenters. The number of fused-ring (bicyclic) bond motifs is 1. The molecule has 1 saturated heterocycles. The second kappa shape index (κ2) is 6.66. The third-order valence-electron chi connectivity index (χ3n) is 4.21. The van der Waals surface area contributed by atoms with Crippen LogP contribution in [-0.4, -0.2) is 42.7 Å². The average Bonchev–Trinajstić information content (AvgIpc) is 2.49. The fraction of sp³-hybridized carbons (Fsp3) is 0.471. The van der Waals surface area contributed by atoms with Crippen molar-refractivity contribution in [3.63, 3.8) is 0 Å². The van der Waals surface area contributed by atoms with Gasteiger partial charge in [-0.2, -0.15) is 8.78 Å². The Balaban J connectivity index is 1.90. The molecule has 0 radical (unpaired) electrons. The van der Waals surface area contributed by atoms with Gasteiger partial charge in [0, 0.05) is 22.8 Å². The highest BCUT2D eigenvalue weighted by molar-refractivity contribution is 5.92. The van der Waals surface area contributed by atoms with Crippen molar-refractivity contribution in [1.29, 1.82) is 0 Å². The smallest absolute Gasteiger partial charge is 0.387 e. The van der Waals surface area contributed by atoms with E-state index in [1.54, 1.807) is 12.1 Å². The summed E-state index contributed by atoms with van der Waals surface area (Å²) in [5.74, 6) is 0.157. The molecule has 1 aromatic heterocycles. The van der Waals surface area contributed by atoms with Crippen LogP contribution in [0.25, 0.3) is 10.9 Å². The lowest BCUT2D eigenvalue weighted by Crippen LogP contribution is -2.36. The van der Waals surface area contributed by atoms with Gasteiger partial charge in [0.25, 0.3) is 0 Å². The van der Waals surface area contributed by atoms with Crippen molar-refractivity contribution in [2.45, 2.75) is 32.4 Å². The van der Waals surface area contributed by atoms with E-state index in [9.17, 15) is 8.78 Å². The van der Waals surface area contributed by atoms with Crippen LogP contribution in [0.2, 0.25) is 0 Å². The van der Waals surface area contributed by atoms with Gasteiger partial charge in [-0.3, -0.25) is 4.98 Å². The van der Waals surface area contributed by atoms with Crippen LogP contribution in [0.15, 0.2) is 24.3 Å². The Morgan fingerprint density at radius 2 is 2.00 bits per heavy atom. The standard InChI is InChI=1S/C17H21F2N3O/c1-11-9-16(21-12-5-7-22(2)8-6-12)14-10-13(23-17(18)19)3-4-15(14)20-11/h3-4,9-10,12,17H,5-8H2,1-2H3,(H,20,21). The summed E-state index contributed by atoms with van der Waals surface area (Å²) in [6.07, 6.45) is 2.12. The summed E-state index contributed by atoms with van der Waals surface area (Å²) in [6.45, 7) is 1.22. The van der Waals surface area contributed by atoms with Gasteiger partial charge in [0.15, 0.2) is 0 Å². The second-order valence-electron chi connectivity index (χ2n) is 6.09. The molecule has 0 unspecified atom stereocenters. The summed E-state index contributed by atoms with van der Waals surface area (Å²) in [6, 6.07) is 7.23. The highest BCUT2D eigenvalue weighted by Gasteiger charge is 2.18. The van der Waals surface area contributed by atoms with Crippen molar-refractivity contribution in [2.24, 2.45) is 0 Å². The normalized spacial score (nSPS) is 16.9. The number of likely N-dealkylation sites (tertiary alicyclic amines) is 1. The third-order valence-corrected chi connectivity index (χ3v) is 4.21. The van der Waals surface area contributed by atoms with Crippen LogP contribution in [0.4, 0.5) is 14.5 Å². The van der Waals surface area contributed by atoms with E-state index in [0.717, 1.165) is 48.2 Å². The second-order valence-corrected chi connectivity index (χ2v) is 6.09.